The van der Waals surface area contributed by atoms with Gasteiger partial charge in [-0.05, 0) is 51.4 Å². The molecule has 2 rings (SSSR count). The number of alkyl halides is 1. The molecule has 1 aliphatic heterocycles. The Bertz CT molecular complexity index is 189. The highest BCUT2D eigenvalue weighted by Gasteiger charge is 2.26. The maximum Gasteiger partial charge on any atom is 0.0580 e. The summed E-state index contributed by atoms with van der Waals surface area (Å²) >= 11 is 3.87. The smallest absolute Gasteiger partial charge is 0.0580 e. The molecule has 3 atom stereocenters. The van der Waals surface area contributed by atoms with Crippen LogP contribution in [-0.2, 0) is 4.74 Å². The van der Waals surface area contributed by atoms with E-state index in [0.29, 0.717) is 12.2 Å². The third-order valence-corrected chi connectivity index (χ3v) is 5.20. The van der Waals surface area contributed by atoms with Crippen molar-refractivity contribution < 1.29 is 4.74 Å². The molecule has 0 aromatic heterocycles. The summed E-state index contributed by atoms with van der Waals surface area (Å²) in [4.78, 5) is 0.750. The van der Waals surface area contributed by atoms with E-state index in [1.807, 2.05) is 0 Å². The predicted molar refractivity (Wildman–Crippen MR) is 67.5 cm³/mol. The molecule has 3 unspecified atom stereocenters. The maximum atomic E-state index is 5.85. The molecule has 0 aromatic carbocycles. The van der Waals surface area contributed by atoms with Crippen molar-refractivity contribution in [1.29, 1.82) is 0 Å². The van der Waals surface area contributed by atoms with Crippen molar-refractivity contribution in [3.8, 4) is 0 Å². The van der Waals surface area contributed by atoms with Crippen molar-refractivity contribution in [1.82, 2.24) is 0 Å². The minimum atomic E-state index is 0.509. The van der Waals surface area contributed by atoms with Gasteiger partial charge in [0.15, 0.2) is 0 Å². The van der Waals surface area contributed by atoms with Gasteiger partial charge in [0, 0.05) is 4.83 Å². The van der Waals surface area contributed by atoms with Gasteiger partial charge in [-0.15, -0.1) is 0 Å². The van der Waals surface area contributed by atoms with Gasteiger partial charge in [-0.2, -0.15) is 0 Å². The van der Waals surface area contributed by atoms with Crippen LogP contribution in [0.5, 0.6) is 0 Å². The summed E-state index contributed by atoms with van der Waals surface area (Å²) in [7, 11) is 0. The Morgan fingerprint density at radius 2 is 1.93 bits per heavy atom. The molecule has 0 N–H and O–H groups in total. The van der Waals surface area contributed by atoms with Crippen molar-refractivity contribution in [3.05, 3.63) is 0 Å². The van der Waals surface area contributed by atoms with Crippen LogP contribution in [0.2, 0.25) is 0 Å². The van der Waals surface area contributed by atoms with Gasteiger partial charge in [0.1, 0.15) is 0 Å². The summed E-state index contributed by atoms with van der Waals surface area (Å²) in [5, 5.41) is 0. The van der Waals surface area contributed by atoms with Crippen LogP contribution in [0.15, 0.2) is 0 Å². The summed E-state index contributed by atoms with van der Waals surface area (Å²) in [5.74, 6) is 0.948. The first-order valence-corrected chi connectivity index (χ1v) is 7.47. The zero-order valence-corrected chi connectivity index (χ0v) is 11.3. The summed E-state index contributed by atoms with van der Waals surface area (Å²) in [6.07, 6.45) is 12.0. The van der Waals surface area contributed by atoms with Crippen LogP contribution in [0.3, 0.4) is 0 Å². The second-order valence-electron chi connectivity index (χ2n) is 5.28. The Hall–Kier alpha value is 0.440. The Labute approximate surface area is 102 Å². The van der Waals surface area contributed by atoms with Gasteiger partial charge in [-0.25, -0.2) is 0 Å². The zero-order valence-electron chi connectivity index (χ0n) is 9.75. The summed E-state index contributed by atoms with van der Waals surface area (Å²) in [6, 6.07) is 0. The fourth-order valence-electron chi connectivity index (χ4n) is 3.00. The molecule has 2 heteroatoms. The van der Waals surface area contributed by atoms with Crippen molar-refractivity contribution in [2.75, 3.05) is 0 Å². The van der Waals surface area contributed by atoms with E-state index in [0.717, 1.165) is 10.7 Å². The Kier molecular flexibility index (Phi) is 4.51. The van der Waals surface area contributed by atoms with Crippen LogP contribution in [0, 0.1) is 5.92 Å². The third kappa shape index (κ3) is 3.45. The van der Waals surface area contributed by atoms with Gasteiger partial charge in [0.2, 0.25) is 0 Å². The lowest BCUT2D eigenvalue weighted by atomic mass is 9.98. The normalized spacial score (nSPS) is 34.8. The van der Waals surface area contributed by atoms with Crippen LogP contribution in [0.1, 0.15) is 58.3 Å². The van der Waals surface area contributed by atoms with Crippen LogP contribution < -0.4 is 0 Å². The molecule has 2 fully saturated rings. The number of hydrogen-bond acceptors (Lipinski definition) is 1. The number of ether oxygens (including phenoxy) is 1. The van der Waals surface area contributed by atoms with Crippen LogP contribution in [-0.4, -0.2) is 17.0 Å². The monoisotopic (exact) mass is 274 g/mol. The SMILES string of the molecule is CC1CCC(CCC(Br)C2CCCC2)O1. The van der Waals surface area contributed by atoms with Gasteiger partial charge in [-0.3, -0.25) is 0 Å². The van der Waals surface area contributed by atoms with E-state index in [1.54, 1.807) is 0 Å². The number of halogens is 1. The standard InChI is InChI=1S/C13H23BrO/c1-10-6-7-12(15-10)8-9-13(14)11-4-2-3-5-11/h10-13H,2-9H2,1H3. The van der Waals surface area contributed by atoms with Gasteiger partial charge < -0.3 is 4.74 Å². The summed E-state index contributed by atoms with van der Waals surface area (Å²) < 4.78 is 5.85. The highest BCUT2D eigenvalue weighted by Crippen LogP contribution is 2.34. The van der Waals surface area contributed by atoms with Gasteiger partial charge >= 0.3 is 0 Å². The van der Waals surface area contributed by atoms with E-state index >= 15 is 0 Å². The molecule has 1 saturated carbocycles. The van der Waals surface area contributed by atoms with Crippen molar-refractivity contribution in [2.45, 2.75) is 75.3 Å². The van der Waals surface area contributed by atoms with Crippen LogP contribution in [0.4, 0.5) is 0 Å². The first-order chi connectivity index (χ1) is 7.25. The second-order valence-corrected chi connectivity index (χ2v) is 6.46. The molecule has 1 saturated heterocycles. The van der Waals surface area contributed by atoms with E-state index in [1.165, 1.54) is 51.4 Å². The number of rotatable bonds is 4. The Morgan fingerprint density at radius 3 is 2.53 bits per heavy atom. The lowest BCUT2D eigenvalue weighted by molar-refractivity contribution is 0.0493. The van der Waals surface area contributed by atoms with E-state index in [-0.39, 0.29) is 0 Å². The quantitative estimate of drug-likeness (QED) is 0.695. The fraction of sp³-hybridized carbons (Fsp3) is 1.00. The van der Waals surface area contributed by atoms with E-state index in [2.05, 4.69) is 22.9 Å². The average molecular weight is 275 g/mol. The minimum Gasteiger partial charge on any atom is -0.375 e. The molecule has 15 heavy (non-hydrogen) atoms. The first kappa shape index (κ1) is 11.9. The third-order valence-electron chi connectivity index (χ3n) is 4.00. The van der Waals surface area contributed by atoms with Gasteiger partial charge in [0.25, 0.3) is 0 Å². The molecule has 0 bridgehead atoms. The lowest BCUT2D eigenvalue weighted by Gasteiger charge is -2.19. The van der Waals surface area contributed by atoms with Crippen LogP contribution >= 0.6 is 15.9 Å². The Balaban J connectivity index is 1.64. The fourth-order valence-corrected chi connectivity index (χ4v) is 3.79. The highest BCUT2D eigenvalue weighted by molar-refractivity contribution is 9.09. The molecule has 88 valence electrons. The maximum absolute atomic E-state index is 5.85. The van der Waals surface area contributed by atoms with E-state index in [9.17, 15) is 0 Å². The van der Waals surface area contributed by atoms with Crippen molar-refractivity contribution >= 4 is 15.9 Å². The topological polar surface area (TPSA) is 9.23 Å². The van der Waals surface area contributed by atoms with Crippen molar-refractivity contribution in [3.63, 3.8) is 0 Å². The highest BCUT2D eigenvalue weighted by atomic mass is 79.9. The molecule has 1 nitrogen and oxygen atoms in total. The molecule has 0 spiro atoms. The minimum absolute atomic E-state index is 0.509. The molecule has 1 heterocycles. The zero-order chi connectivity index (χ0) is 10.7. The first-order valence-electron chi connectivity index (χ1n) is 6.55. The molecule has 0 aromatic rings. The van der Waals surface area contributed by atoms with E-state index < -0.39 is 0 Å². The summed E-state index contributed by atoms with van der Waals surface area (Å²) in [6.45, 7) is 2.20. The van der Waals surface area contributed by atoms with Gasteiger partial charge in [-0.1, -0.05) is 28.8 Å². The molecule has 1 aliphatic carbocycles. The Morgan fingerprint density at radius 1 is 1.20 bits per heavy atom. The van der Waals surface area contributed by atoms with E-state index in [4.69, 9.17) is 4.74 Å². The second kappa shape index (κ2) is 5.67. The number of hydrogen-bond donors (Lipinski definition) is 0. The average Bonchev–Trinajstić information content (AvgIpc) is 2.84. The van der Waals surface area contributed by atoms with Gasteiger partial charge in [0.05, 0.1) is 12.2 Å². The molecule has 0 radical (unpaired) electrons. The molecule has 0 amide bonds. The largest absolute Gasteiger partial charge is 0.375 e. The molecular weight excluding hydrogens is 252 g/mol. The van der Waals surface area contributed by atoms with Crippen molar-refractivity contribution in [2.24, 2.45) is 5.92 Å². The lowest BCUT2D eigenvalue weighted by Crippen LogP contribution is -2.15. The predicted octanol–water partition coefficient (Wildman–Crippen LogP) is 4.29. The summed E-state index contributed by atoms with van der Waals surface area (Å²) in [5.41, 5.74) is 0. The molecular formula is C13H23BrO. The van der Waals surface area contributed by atoms with Crippen LogP contribution in [0.25, 0.3) is 0 Å². The molecule has 2 aliphatic rings.